The number of aliphatic carboxylic acids is 1. The number of hydrogen-bond acceptors (Lipinski definition) is 5. The third kappa shape index (κ3) is 6.14. The van der Waals surface area contributed by atoms with Crippen LogP contribution in [0.25, 0.3) is 0 Å². The lowest BCUT2D eigenvalue weighted by molar-refractivity contribution is -0.159. The van der Waals surface area contributed by atoms with E-state index in [2.05, 4.69) is 0 Å². The molecule has 0 saturated heterocycles. The minimum absolute atomic E-state index is 0.0345. The van der Waals surface area contributed by atoms with Gasteiger partial charge in [0.15, 0.2) is 5.78 Å². The van der Waals surface area contributed by atoms with Crippen LogP contribution in [0.15, 0.2) is 11.6 Å². The molecule has 0 radical (unpaired) electrons. The van der Waals surface area contributed by atoms with Gasteiger partial charge in [0.25, 0.3) is 0 Å². The molecular formula is C17H25NO6. The van der Waals surface area contributed by atoms with E-state index in [4.69, 9.17) is 15.6 Å². The first kappa shape index (κ1) is 19.9. The largest absolute Gasteiger partial charge is 0.481 e. The third-order valence-electron chi connectivity index (χ3n) is 4.11. The molecule has 1 saturated carbocycles. The van der Waals surface area contributed by atoms with Crippen LogP contribution in [0.5, 0.6) is 0 Å². The molecule has 1 amide bonds. The van der Waals surface area contributed by atoms with Crippen molar-refractivity contribution in [2.24, 2.45) is 17.6 Å². The molecular weight excluding hydrogens is 314 g/mol. The predicted molar refractivity (Wildman–Crippen MR) is 85.8 cm³/mol. The predicted octanol–water partition coefficient (Wildman–Crippen LogP) is 1.59. The zero-order chi connectivity index (χ0) is 18.5. The maximum atomic E-state index is 12.3. The molecule has 7 nitrogen and oxygen atoms in total. The molecule has 1 fully saturated rings. The van der Waals surface area contributed by atoms with Crippen molar-refractivity contribution in [3.63, 3.8) is 0 Å². The van der Waals surface area contributed by atoms with Crippen molar-refractivity contribution >= 4 is 23.6 Å². The minimum Gasteiger partial charge on any atom is -0.481 e. The molecule has 0 aromatic rings. The Morgan fingerprint density at radius 1 is 1.42 bits per heavy atom. The lowest BCUT2D eigenvalue weighted by Crippen LogP contribution is -2.41. The van der Waals surface area contributed by atoms with Gasteiger partial charge in [0.2, 0.25) is 5.91 Å². The highest BCUT2D eigenvalue weighted by Gasteiger charge is 2.40. The number of carbonyl (C=O) groups excluding carboxylic acids is 3. The highest BCUT2D eigenvalue weighted by Crippen LogP contribution is 2.36. The molecule has 0 spiro atoms. The van der Waals surface area contributed by atoms with Gasteiger partial charge in [-0.1, -0.05) is 13.0 Å². The Labute approximate surface area is 141 Å². The fourth-order valence-corrected chi connectivity index (χ4v) is 3.30. The summed E-state index contributed by atoms with van der Waals surface area (Å²) in [6.07, 6.45) is 2.41. The standard InChI is InChI=1S/C17H25NO6/c1-10-8-17(3,24-11(2)19)9-13(16(10)23)5-4-12(6-14(18)20)7-15(21)22/h5,10,12H,4,6-9H2,1-3H3,(H2,18,20)(H,21,22)/b13-5+/t10-,12+,17-/m1/s1. The van der Waals surface area contributed by atoms with Gasteiger partial charge < -0.3 is 15.6 Å². The van der Waals surface area contributed by atoms with Crippen molar-refractivity contribution in [2.75, 3.05) is 0 Å². The number of Topliss-reactive ketones (excluding diaryl/α,β-unsaturated/α-hetero) is 1. The van der Waals surface area contributed by atoms with Crippen molar-refractivity contribution in [1.82, 2.24) is 0 Å². The smallest absolute Gasteiger partial charge is 0.303 e. The highest BCUT2D eigenvalue weighted by molar-refractivity contribution is 5.98. The van der Waals surface area contributed by atoms with E-state index in [1.165, 1.54) is 6.92 Å². The van der Waals surface area contributed by atoms with Gasteiger partial charge in [0.05, 0.1) is 0 Å². The van der Waals surface area contributed by atoms with Crippen LogP contribution >= 0.6 is 0 Å². The maximum absolute atomic E-state index is 12.3. The Kier molecular flexibility index (Phi) is 6.69. The van der Waals surface area contributed by atoms with Crippen LogP contribution in [-0.2, 0) is 23.9 Å². The molecule has 0 aromatic heterocycles. The number of carboxylic acids is 1. The third-order valence-corrected chi connectivity index (χ3v) is 4.11. The summed E-state index contributed by atoms with van der Waals surface area (Å²) < 4.78 is 5.36. The van der Waals surface area contributed by atoms with E-state index >= 15 is 0 Å². The van der Waals surface area contributed by atoms with Crippen LogP contribution < -0.4 is 5.73 Å². The zero-order valence-electron chi connectivity index (χ0n) is 14.3. The van der Waals surface area contributed by atoms with Crippen LogP contribution in [0.2, 0.25) is 0 Å². The first-order valence-corrected chi connectivity index (χ1v) is 7.95. The number of nitrogens with two attached hydrogens (primary N) is 1. The molecule has 1 aliphatic carbocycles. The molecule has 0 aromatic carbocycles. The Balaban J connectivity index is 2.91. The van der Waals surface area contributed by atoms with E-state index in [0.717, 1.165) is 0 Å². The molecule has 0 bridgehead atoms. The fourth-order valence-electron chi connectivity index (χ4n) is 3.30. The van der Waals surface area contributed by atoms with Crippen molar-refractivity contribution in [1.29, 1.82) is 0 Å². The molecule has 1 aliphatic rings. The van der Waals surface area contributed by atoms with E-state index in [9.17, 15) is 19.2 Å². The molecule has 134 valence electrons. The van der Waals surface area contributed by atoms with Gasteiger partial charge in [0.1, 0.15) is 5.60 Å². The molecule has 3 N–H and O–H groups in total. The van der Waals surface area contributed by atoms with E-state index in [1.54, 1.807) is 19.9 Å². The average molecular weight is 339 g/mol. The van der Waals surface area contributed by atoms with Gasteiger partial charge in [0, 0.05) is 32.1 Å². The van der Waals surface area contributed by atoms with E-state index < -0.39 is 29.4 Å². The van der Waals surface area contributed by atoms with Gasteiger partial charge in [-0.3, -0.25) is 19.2 Å². The average Bonchev–Trinajstić information content (AvgIpc) is 2.38. The van der Waals surface area contributed by atoms with Crippen molar-refractivity contribution in [3.05, 3.63) is 11.6 Å². The first-order valence-electron chi connectivity index (χ1n) is 7.95. The number of ketones is 1. The molecule has 0 unspecified atom stereocenters. The van der Waals surface area contributed by atoms with Gasteiger partial charge >= 0.3 is 11.9 Å². The van der Waals surface area contributed by atoms with Gasteiger partial charge in [-0.25, -0.2) is 0 Å². The Morgan fingerprint density at radius 2 is 2.04 bits per heavy atom. The van der Waals surface area contributed by atoms with E-state index in [1.807, 2.05) is 0 Å². The van der Waals surface area contributed by atoms with Crippen LogP contribution in [0, 0.1) is 11.8 Å². The number of rotatable bonds is 7. The molecule has 7 heteroatoms. The van der Waals surface area contributed by atoms with Crippen molar-refractivity contribution in [3.8, 4) is 0 Å². The summed E-state index contributed by atoms with van der Waals surface area (Å²) in [5.74, 6) is -2.79. The van der Waals surface area contributed by atoms with Crippen LogP contribution in [0.3, 0.4) is 0 Å². The van der Waals surface area contributed by atoms with E-state index in [0.29, 0.717) is 12.0 Å². The SMILES string of the molecule is CC(=O)O[C@@]1(C)C/C(=C\C[C@@H](CC(N)=O)CC(=O)O)C(=O)[C@H](C)C1. The normalized spacial score (nSPS) is 26.9. The molecule has 24 heavy (non-hydrogen) atoms. The topological polar surface area (TPSA) is 124 Å². The fraction of sp³-hybridized carbons (Fsp3) is 0.647. The Bertz CT molecular complexity index is 551. The summed E-state index contributed by atoms with van der Waals surface area (Å²) in [5.41, 5.74) is 4.91. The molecule has 3 atom stereocenters. The lowest BCUT2D eigenvalue weighted by Gasteiger charge is -2.36. The van der Waals surface area contributed by atoms with Crippen LogP contribution in [0.1, 0.15) is 52.9 Å². The summed E-state index contributed by atoms with van der Waals surface area (Å²) in [6.45, 7) is 4.88. The molecule has 1 rings (SSSR count). The number of esters is 1. The number of ether oxygens (including phenoxy) is 1. The number of amides is 1. The Hall–Kier alpha value is -2.18. The van der Waals surface area contributed by atoms with Gasteiger partial charge in [-0.05, 0) is 31.3 Å². The second-order valence-corrected chi connectivity index (χ2v) is 6.79. The number of carbonyl (C=O) groups is 4. The lowest BCUT2D eigenvalue weighted by atomic mass is 9.75. The second kappa shape index (κ2) is 8.08. The van der Waals surface area contributed by atoms with Crippen molar-refractivity contribution in [2.45, 2.75) is 58.5 Å². The molecule has 0 aliphatic heterocycles. The maximum Gasteiger partial charge on any atom is 0.303 e. The number of hydrogen-bond donors (Lipinski definition) is 2. The second-order valence-electron chi connectivity index (χ2n) is 6.79. The number of primary amides is 1. The summed E-state index contributed by atoms with van der Waals surface area (Å²) in [4.78, 5) is 45.6. The van der Waals surface area contributed by atoms with Gasteiger partial charge in [-0.2, -0.15) is 0 Å². The summed E-state index contributed by atoms with van der Waals surface area (Å²) in [5, 5.41) is 8.91. The summed E-state index contributed by atoms with van der Waals surface area (Å²) >= 11 is 0. The zero-order valence-corrected chi connectivity index (χ0v) is 14.3. The highest BCUT2D eigenvalue weighted by atomic mass is 16.6. The van der Waals surface area contributed by atoms with Crippen molar-refractivity contribution < 1.29 is 29.0 Å². The number of carboxylic acid groups (broad SMARTS) is 1. The van der Waals surface area contributed by atoms with Crippen LogP contribution in [-0.4, -0.2) is 34.3 Å². The number of allylic oxidation sites excluding steroid dienone is 1. The van der Waals surface area contributed by atoms with Crippen LogP contribution in [0.4, 0.5) is 0 Å². The quantitative estimate of drug-likeness (QED) is 0.536. The van der Waals surface area contributed by atoms with Gasteiger partial charge in [-0.15, -0.1) is 0 Å². The summed E-state index contributed by atoms with van der Waals surface area (Å²) in [6, 6.07) is 0. The monoisotopic (exact) mass is 339 g/mol. The molecule has 0 heterocycles. The first-order chi connectivity index (χ1) is 11.0. The van der Waals surface area contributed by atoms with E-state index in [-0.39, 0.29) is 37.4 Å². The minimum atomic E-state index is -1.02. The summed E-state index contributed by atoms with van der Waals surface area (Å²) in [7, 11) is 0. The Morgan fingerprint density at radius 3 is 2.54 bits per heavy atom.